The molecule has 1 aromatic heterocycles. The fourth-order valence-corrected chi connectivity index (χ4v) is 5.35. The molecular formula is C24H23ClF6N6O5S. The highest BCUT2D eigenvalue weighted by molar-refractivity contribution is 7.90. The fraction of sp³-hybridized carbons (Fsp3) is 0.458. The number of alkyl halides is 6. The van der Waals surface area contributed by atoms with E-state index in [2.05, 4.69) is 9.97 Å². The lowest BCUT2D eigenvalue weighted by Crippen LogP contribution is -2.55. The average molecular weight is 657 g/mol. The van der Waals surface area contributed by atoms with Crippen LogP contribution in [-0.4, -0.2) is 86.3 Å². The smallest absolute Gasteiger partial charge is 0.490 e. The van der Waals surface area contributed by atoms with E-state index in [4.69, 9.17) is 21.5 Å². The number of nitriles is 1. The number of carboxylic acids is 1. The number of hydrogen-bond donors (Lipinski definition) is 2. The second kappa shape index (κ2) is 13.3. The molecule has 234 valence electrons. The van der Waals surface area contributed by atoms with E-state index in [9.17, 15) is 46.1 Å². The summed E-state index contributed by atoms with van der Waals surface area (Å²) in [6, 6.07) is 5.44. The summed E-state index contributed by atoms with van der Waals surface area (Å²) in [5.41, 5.74) is 0.162. The Morgan fingerprint density at radius 2 is 1.79 bits per heavy atom. The van der Waals surface area contributed by atoms with Crippen molar-refractivity contribution in [3.8, 4) is 6.07 Å². The highest BCUT2D eigenvalue weighted by atomic mass is 35.5. The molecule has 1 aromatic carbocycles. The highest BCUT2D eigenvalue weighted by Crippen LogP contribution is 2.42. The fourth-order valence-electron chi connectivity index (χ4n) is 4.62. The first-order chi connectivity index (χ1) is 19.9. The first-order valence-electron chi connectivity index (χ1n) is 12.2. The molecule has 19 heteroatoms. The third kappa shape index (κ3) is 8.03. The minimum atomic E-state index is -5.08. The third-order valence-corrected chi connectivity index (χ3v) is 7.50. The number of carbonyl (C=O) groups is 2. The molecule has 0 aliphatic carbocycles. The molecule has 4 rings (SSSR count). The zero-order valence-corrected chi connectivity index (χ0v) is 23.7. The number of piperazine rings is 1. The van der Waals surface area contributed by atoms with Gasteiger partial charge in [-0.3, -0.25) is 0 Å². The Morgan fingerprint density at radius 3 is 2.33 bits per heavy atom. The SMILES string of the molecule is C[S+]([O-])c1nc2c(c(N3CCN(C(=O)O)[C@@H](CC#N)C3)n1)CCN(c1cccc(Cl)c1C(F)(F)F)C2.O=C(O)C(F)(F)F. The predicted octanol–water partition coefficient (Wildman–Crippen LogP) is 4.16. The molecule has 2 aliphatic heterocycles. The van der Waals surface area contributed by atoms with Crippen molar-refractivity contribution in [3.63, 3.8) is 0 Å². The van der Waals surface area contributed by atoms with Crippen molar-refractivity contribution in [1.29, 1.82) is 5.26 Å². The Kier molecular flexibility index (Phi) is 10.5. The number of nitrogens with zero attached hydrogens (tertiary/aromatic N) is 6. The Hall–Kier alpha value is -3.69. The summed E-state index contributed by atoms with van der Waals surface area (Å²) in [5.74, 6) is -2.28. The summed E-state index contributed by atoms with van der Waals surface area (Å²) in [6.45, 7) is 0.904. The Balaban J connectivity index is 0.000000646. The van der Waals surface area contributed by atoms with Crippen LogP contribution >= 0.6 is 11.6 Å². The number of carboxylic acid groups (broad SMARTS) is 2. The summed E-state index contributed by atoms with van der Waals surface area (Å²) in [5, 5.41) is 25.4. The number of rotatable bonds is 4. The van der Waals surface area contributed by atoms with Gasteiger partial charge >= 0.3 is 29.6 Å². The minimum absolute atomic E-state index is 0.00853. The Labute approximate surface area is 248 Å². The van der Waals surface area contributed by atoms with Gasteiger partial charge in [-0.2, -0.15) is 41.6 Å². The van der Waals surface area contributed by atoms with Crippen LogP contribution in [0.4, 0.5) is 42.6 Å². The predicted molar refractivity (Wildman–Crippen MR) is 140 cm³/mol. The summed E-state index contributed by atoms with van der Waals surface area (Å²) in [6.07, 6.45) is -9.14. The monoisotopic (exact) mass is 656 g/mol. The first-order valence-corrected chi connectivity index (χ1v) is 14.1. The molecule has 0 radical (unpaired) electrons. The van der Waals surface area contributed by atoms with E-state index < -0.39 is 52.2 Å². The molecule has 1 fully saturated rings. The minimum Gasteiger partial charge on any atom is -0.609 e. The van der Waals surface area contributed by atoms with Crippen LogP contribution in [0.2, 0.25) is 5.02 Å². The van der Waals surface area contributed by atoms with E-state index >= 15 is 0 Å². The van der Waals surface area contributed by atoms with Gasteiger partial charge < -0.3 is 29.5 Å². The summed E-state index contributed by atoms with van der Waals surface area (Å²) in [4.78, 5) is 34.0. The van der Waals surface area contributed by atoms with Crippen molar-refractivity contribution in [2.75, 3.05) is 42.2 Å². The number of halogens is 7. The first kappa shape index (κ1) is 33.8. The molecule has 2 aliphatic rings. The molecule has 1 saturated heterocycles. The second-order valence-corrected chi connectivity index (χ2v) is 10.9. The number of anilines is 2. The van der Waals surface area contributed by atoms with Crippen LogP contribution < -0.4 is 9.80 Å². The van der Waals surface area contributed by atoms with E-state index in [0.717, 1.165) is 0 Å². The maximum atomic E-state index is 13.8. The molecule has 3 heterocycles. The maximum absolute atomic E-state index is 13.8. The Morgan fingerprint density at radius 1 is 1.14 bits per heavy atom. The third-order valence-electron chi connectivity index (χ3n) is 6.49. The van der Waals surface area contributed by atoms with E-state index in [0.29, 0.717) is 30.0 Å². The van der Waals surface area contributed by atoms with Crippen molar-refractivity contribution in [1.82, 2.24) is 14.9 Å². The van der Waals surface area contributed by atoms with Gasteiger partial charge in [-0.1, -0.05) is 17.7 Å². The van der Waals surface area contributed by atoms with E-state index in [-0.39, 0.29) is 43.4 Å². The number of hydrogen-bond acceptors (Lipinski definition) is 8. The number of aromatic nitrogens is 2. The van der Waals surface area contributed by atoms with Crippen LogP contribution in [0, 0.1) is 11.3 Å². The number of aliphatic carboxylic acids is 1. The molecule has 0 bridgehead atoms. The molecule has 43 heavy (non-hydrogen) atoms. The molecule has 1 unspecified atom stereocenters. The lowest BCUT2D eigenvalue weighted by Gasteiger charge is -2.41. The molecule has 0 saturated carbocycles. The van der Waals surface area contributed by atoms with Gasteiger partial charge in [0.1, 0.15) is 12.1 Å². The molecular weight excluding hydrogens is 634 g/mol. The van der Waals surface area contributed by atoms with Crippen LogP contribution in [0.3, 0.4) is 0 Å². The van der Waals surface area contributed by atoms with E-state index in [1.54, 1.807) is 0 Å². The van der Waals surface area contributed by atoms with Gasteiger partial charge in [0, 0.05) is 42.9 Å². The molecule has 0 spiro atoms. The topological polar surface area (TPSA) is 157 Å². The van der Waals surface area contributed by atoms with Crippen molar-refractivity contribution >= 4 is 46.3 Å². The molecule has 2 atom stereocenters. The van der Waals surface area contributed by atoms with Gasteiger partial charge in [0.15, 0.2) is 0 Å². The van der Waals surface area contributed by atoms with Crippen LogP contribution in [-0.2, 0) is 35.1 Å². The number of amides is 1. The molecule has 11 nitrogen and oxygen atoms in total. The second-order valence-electron chi connectivity index (χ2n) is 9.25. The quantitative estimate of drug-likeness (QED) is 0.278. The van der Waals surface area contributed by atoms with Crippen molar-refractivity contribution in [2.45, 2.75) is 42.9 Å². The zero-order chi connectivity index (χ0) is 32.3. The number of fused-ring (bicyclic) bond motifs is 1. The normalized spacial score (nSPS) is 17.8. The maximum Gasteiger partial charge on any atom is 0.490 e. The number of benzene rings is 1. The Bertz CT molecular complexity index is 1410. The summed E-state index contributed by atoms with van der Waals surface area (Å²) < 4.78 is 85.4. The molecule has 2 N–H and O–H groups in total. The average Bonchev–Trinajstić information content (AvgIpc) is 2.91. The van der Waals surface area contributed by atoms with Crippen molar-refractivity contribution < 1.29 is 50.7 Å². The van der Waals surface area contributed by atoms with Crippen molar-refractivity contribution in [2.24, 2.45) is 0 Å². The van der Waals surface area contributed by atoms with E-state index in [1.807, 2.05) is 11.0 Å². The van der Waals surface area contributed by atoms with Gasteiger partial charge in [-0.05, 0) is 18.6 Å². The van der Waals surface area contributed by atoms with Crippen LogP contribution in [0.5, 0.6) is 0 Å². The zero-order valence-electron chi connectivity index (χ0n) is 22.1. The van der Waals surface area contributed by atoms with Gasteiger partial charge in [0.25, 0.3) is 0 Å². The summed E-state index contributed by atoms with van der Waals surface area (Å²) in [7, 11) is 0. The lowest BCUT2D eigenvalue weighted by atomic mass is 10.0. The molecule has 2 aromatic rings. The van der Waals surface area contributed by atoms with Gasteiger partial charge in [-0.15, -0.1) is 0 Å². The van der Waals surface area contributed by atoms with Crippen LogP contribution in [0.25, 0.3) is 0 Å². The van der Waals surface area contributed by atoms with Gasteiger partial charge in [0.2, 0.25) is 0 Å². The molecule has 1 amide bonds. The summed E-state index contributed by atoms with van der Waals surface area (Å²) >= 11 is 4.34. The van der Waals surface area contributed by atoms with Crippen LogP contribution in [0.15, 0.2) is 23.4 Å². The lowest BCUT2D eigenvalue weighted by molar-refractivity contribution is -0.192. The van der Waals surface area contributed by atoms with Gasteiger partial charge in [-0.25, -0.2) is 9.59 Å². The largest absolute Gasteiger partial charge is 0.609 e. The van der Waals surface area contributed by atoms with E-state index in [1.165, 1.54) is 34.3 Å². The van der Waals surface area contributed by atoms with Gasteiger partial charge in [0.05, 0.1) is 47.0 Å². The highest BCUT2D eigenvalue weighted by Gasteiger charge is 2.40. The van der Waals surface area contributed by atoms with Crippen molar-refractivity contribution in [3.05, 3.63) is 40.0 Å². The van der Waals surface area contributed by atoms with Crippen LogP contribution in [0.1, 0.15) is 23.2 Å². The standard InChI is InChI=1S/C22H22ClF3N6O3S.C2HF3O2/c1-36(35)20-28-16-12-30(17-4-2-3-15(23)18(17)22(24,25)26)8-6-14(16)19(29-20)31-9-10-32(21(33)34)13(11-31)5-7-27;3-2(4,5)1(6)7/h2-4,13H,5-6,8-12H2,1H3,(H,33,34);(H,6,7)/t13-,36?;/m0./s1.